The van der Waals surface area contributed by atoms with Gasteiger partial charge in [0, 0.05) is 23.9 Å². The van der Waals surface area contributed by atoms with E-state index >= 15 is 0 Å². The Bertz CT molecular complexity index is 578. The fourth-order valence-electron chi connectivity index (χ4n) is 2.06. The molecule has 0 spiro atoms. The van der Waals surface area contributed by atoms with E-state index in [1.165, 1.54) is 6.07 Å². The van der Waals surface area contributed by atoms with E-state index in [0.29, 0.717) is 5.56 Å². The van der Waals surface area contributed by atoms with Crippen LogP contribution in [-0.2, 0) is 13.1 Å². The lowest BCUT2D eigenvalue weighted by Crippen LogP contribution is -2.13. The van der Waals surface area contributed by atoms with Crippen LogP contribution in [0.15, 0.2) is 24.4 Å². The standard InChI is InChI=1S/C15H19F2N3/c1-3-7-18-8-13-10-20(19-11(13)2)9-12-5-4-6-14(16)15(12)17/h4-6,10,18H,3,7-9H2,1-2H3. The van der Waals surface area contributed by atoms with Crippen LogP contribution < -0.4 is 5.32 Å². The van der Waals surface area contributed by atoms with Crippen LogP contribution in [0, 0.1) is 18.6 Å². The summed E-state index contributed by atoms with van der Waals surface area (Å²) in [6.07, 6.45) is 2.95. The van der Waals surface area contributed by atoms with Crippen LogP contribution in [0.5, 0.6) is 0 Å². The molecule has 0 atom stereocenters. The largest absolute Gasteiger partial charge is 0.313 e. The maximum absolute atomic E-state index is 13.6. The lowest BCUT2D eigenvalue weighted by atomic mass is 10.2. The first-order chi connectivity index (χ1) is 9.61. The maximum Gasteiger partial charge on any atom is 0.163 e. The smallest absolute Gasteiger partial charge is 0.163 e. The Kier molecular flexibility index (Phi) is 4.84. The minimum Gasteiger partial charge on any atom is -0.313 e. The van der Waals surface area contributed by atoms with Crippen molar-refractivity contribution in [2.75, 3.05) is 6.54 Å². The molecular formula is C15H19F2N3. The normalized spacial score (nSPS) is 11.0. The predicted molar refractivity (Wildman–Crippen MR) is 74.4 cm³/mol. The van der Waals surface area contributed by atoms with Crippen molar-refractivity contribution in [3.05, 3.63) is 52.9 Å². The van der Waals surface area contributed by atoms with Gasteiger partial charge in [0.1, 0.15) is 0 Å². The van der Waals surface area contributed by atoms with Gasteiger partial charge in [-0.1, -0.05) is 19.1 Å². The van der Waals surface area contributed by atoms with Crippen LogP contribution in [0.4, 0.5) is 8.78 Å². The van der Waals surface area contributed by atoms with E-state index in [9.17, 15) is 8.78 Å². The third-order valence-corrected chi connectivity index (χ3v) is 3.15. The molecule has 1 aromatic carbocycles. The second-order valence-corrected chi connectivity index (χ2v) is 4.83. The Labute approximate surface area is 117 Å². The molecular weight excluding hydrogens is 260 g/mol. The fraction of sp³-hybridized carbons (Fsp3) is 0.400. The van der Waals surface area contributed by atoms with Gasteiger partial charge in [0.15, 0.2) is 11.6 Å². The van der Waals surface area contributed by atoms with E-state index in [4.69, 9.17) is 0 Å². The summed E-state index contributed by atoms with van der Waals surface area (Å²) < 4.78 is 28.4. The Hall–Kier alpha value is -1.75. The first kappa shape index (κ1) is 14.7. The fourth-order valence-corrected chi connectivity index (χ4v) is 2.06. The van der Waals surface area contributed by atoms with Gasteiger partial charge in [0.25, 0.3) is 0 Å². The van der Waals surface area contributed by atoms with E-state index in [2.05, 4.69) is 17.3 Å². The molecule has 20 heavy (non-hydrogen) atoms. The average Bonchev–Trinajstić information content (AvgIpc) is 2.76. The van der Waals surface area contributed by atoms with Gasteiger partial charge >= 0.3 is 0 Å². The monoisotopic (exact) mass is 279 g/mol. The van der Waals surface area contributed by atoms with Gasteiger partial charge in [-0.05, 0) is 26.0 Å². The summed E-state index contributed by atoms with van der Waals surface area (Å²) in [5.74, 6) is -1.62. The molecule has 0 amide bonds. The molecule has 1 N–H and O–H groups in total. The van der Waals surface area contributed by atoms with Crippen molar-refractivity contribution in [1.29, 1.82) is 0 Å². The van der Waals surface area contributed by atoms with Crippen molar-refractivity contribution < 1.29 is 8.78 Å². The number of hydrogen-bond donors (Lipinski definition) is 1. The van der Waals surface area contributed by atoms with Crippen LogP contribution in [0.2, 0.25) is 0 Å². The van der Waals surface area contributed by atoms with E-state index in [0.717, 1.165) is 36.8 Å². The summed E-state index contributed by atoms with van der Waals surface area (Å²) in [7, 11) is 0. The van der Waals surface area contributed by atoms with Gasteiger partial charge in [0.2, 0.25) is 0 Å². The number of nitrogens with zero attached hydrogens (tertiary/aromatic N) is 2. The average molecular weight is 279 g/mol. The summed E-state index contributed by atoms with van der Waals surface area (Å²) in [5.41, 5.74) is 2.29. The number of aryl methyl sites for hydroxylation is 1. The predicted octanol–water partition coefficient (Wildman–Crippen LogP) is 3.02. The third kappa shape index (κ3) is 3.42. The zero-order chi connectivity index (χ0) is 14.5. The van der Waals surface area contributed by atoms with Crippen LogP contribution in [0.25, 0.3) is 0 Å². The molecule has 0 aliphatic rings. The Morgan fingerprint density at radius 2 is 2.05 bits per heavy atom. The lowest BCUT2D eigenvalue weighted by Gasteiger charge is -2.04. The van der Waals surface area contributed by atoms with Crippen LogP contribution >= 0.6 is 0 Å². The molecule has 0 saturated heterocycles. The number of hydrogen-bond acceptors (Lipinski definition) is 2. The van der Waals surface area contributed by atoms with Gasteiger partial charge in [-0.3, -0.25) is 4.68 Å². The van der Waals surface area contributed by atoms with Gasteiger partial charge in [-0.15, -0.1) is 0 Å². The molecule has 0 radical (unpaired) electrons. The van der Waals surface area contributed by atoms with E-state index in [1.54, 1.807) is 10.7 Å². The molecule has 3 nitrogen and oxygen atoms in total. The molecule has 1 aromatic heterocycles. The molecule has 2 aromatic rings. The van der Waals surface area contributed by atoms with Gasteiger partial charge in [-0.25, -0.2) is 8.78 Å². The van der Waals surface area contributed by atoms with E-state index in [-0.39, 0.29) is 6.54 Å². The molecule has 2 rings (SSSR count). The minimum absolute atomic E-state index is 0.234. The highest BCUT2D eigenvalue weighted by atomic mass is 19.2. The van der Waals surface area contributed by atoms with Crippen LogP contribution in [0.1, 0.15) is 30.2 Å². The van der Waals surface area contributed by atoms with Crippen LogP contribution in [0.3, 0.4) is 0 Å². The zero-order valence-electron chi connectivity index (χ0n) is 11.8. The third-order valence-electron chi connectivity index (χ3n) is 3.15. The number of aromatic nitrogens is 2. The zero-order valence-corrected chi connectivity index (χ0v) is 11.8. The SMILES string of the molecule is CCCNCc1cn(Cc2cccc(F)c2F)nc1C. The summed E-state index contributed by atoms with van der Waals surface area (Å²) in [4.78, 5) is 0. The molecule has 0 aliphatic carbocycles. The van der Waals surface area contributed by atoms with Crippen molar-refractivity contribution in [1.82, 2.24) is 15.1 Å². The summed E-state index contributed by atoms with van der Waals surface area (Å²) in [6.45, 7) is 5.95. The number of benzene rings is 1. The van der Waals surface area contributed by atoms with Crippen molar-refractivity contribution in [3.63, 3.8) is 0 Å². The minimum atomic E-state index is -0.823. The van der Waals surface area contributed by atoms with Crippen LogP contribution in [-0.4, -0.2) is 16.3 Å². The molecule has 0 fully saturated rings. The van der Waals surface area contributed by atoms with Gasteiger partial charge in [-0.2, -0.15) is 5.10 Å². The Morgan fingerprint density at radius 3 is 2.80 bits per heavy atom. The molecule has 5 heteroatoms. The topological polar surface area (TPSA) is 29.9 Å². The van der Waals surface area contributed by atoms with E-state index < -0.39 is 11.6 Å². The second-order valence-electron chi connectivity index (χ2n) is 4.83. The first-order valence-electron chi connectivity index (χ1n) is 6.78. The quantitative estimate of drug-likeness (QED) is 0.824. The number of rotatable bonds is 6. The van der Waals surface area contributed by atoms with Crippen molar-refractivity contribution in [2.45, 2.75) is 33.4 Å². The van der Waals surface area contributed by atoms with Gasteiger partial charge < -0.3 is 5.32 Å². The van der Waals surface area contributed by atoms with Crippen molar-refractivity contribution in [3.8, 4) is 0 Å². The molecule has 1 heterocycles. The molecule has 0 aliphatic heterocycles. The number of halogens is 2. The van der Waals surface area contributed by atoms with Gasteiger partial charge in [0.05, 0.1) is 12.2 Å². The number of nitrogens with one attached hydrogen (secondary N) is 1. The molecule has 108 valence electrons. The molecule has 0 bridgehead atoms. The van der Waals surface area contributed by atoms with Crippen molar-refractivity contribution >= 4 is 0 Å². The lowest BCUT2D eigenvalue weighted by molar-refractivity contribution is 0.491. The highest BCUT2D eigenvalue weighted by Crippen LogP contribution is 2.14. The summed E-state index contributed by atoms with van der Waals surface area (Å²) in [5, 5.41) is 7.65. The maximum atomic E-state index is 13.6. The first-order valence-corrected chi connectivity index (χ1v) is 6.78. The summed E-state index contributed by atoms with van der Waals surface area (Å²) >= 11 is 0. The Morgan fingerprint density at radius 1 is 1.25 bits per heavy atom. The summed E-state index contributed by atoms with van der Waals surface area (Å²) in [6, 6.07) is 4.20. The Balaban J connectivity index is 2.10. The second kappa shape index (κ2) is 6.61. The molecule has 0 unspecified atom stereocenters. The van der Waals surface area contributed by atoms with Crippen molar-refractivity contribution in [2.24, 2.45) is 0 Å². The highest BCUT2D eigenvalue weighted by Gasteiger charge is 2.10. The highest BCUT2D eigenvalue weighted by molar-refractivity contribution is 5.21. The molecule has 0 saturated carbocycles. The van der Waals surface area contributed by atoms with E-state index in [1.807, 2.05) is 13.1 Å².